The van der Waals surface area contributed by atoms with Crippen LogP contribution in [0.5, 0.6) is 0 Å². The lowest BCUT2D eigenvalue weighted by Gasteiger charge is -2.09. The quantitative estimate of drug-likeness (QED) is 0.695. The molecular formula is C15H27N3. The summed E-state index contributed by atoms with van der Waals surface area (Å²) in [6.07, 6.45) is 7.36. The number of nitrogens with zero attached hydrogens (tertiary/aromatic N) is 1. The minimum Gasteiger partial charge on any atom is -0.373 e. The number of anilines is 1. The highest BCUT2D eigenvalue weighted by atomic mass is 15.0. The largest absolute Gasteiger partial charge is 0.373 e. The summed E-state index contributed by atoms with van der Waals surface area (Å²) in [5.74, 6) is 1.05. The zero-order valence-corrected chi connectivity index (χ0v) is 11.6. The summed E-state index contributed by atoms with van der Waals surface area (Å²) in [5.41, 5.74) is 2.51. The number of hydrogen-bond donors (Lipinski definition) is 2. The SMILES string of the molecule is CCc1ccc(CCCCNC2CC2)nc1NC.[HH]. The molecule has 2 rings (SSSR count). The average Bonchev–Trinajstić information content (AvgIpc) is 3.22. The standard InChI is InChI=1S/C15H25N3.H2/c1-3-12-7-8-14(18-15(12)16-2)6-4-5-11-17-13-9-10-13;/h7-8,13,17H,3-6,9-11H2,1-2H3,(H,16,18);1H. The maximum atomic E-state index is 4.68. The van der Waals surface area contributed by atoms with Crippen LogP contribution in [0.1, 0.15) is 45.3 Å². The lowest BCUT2D eigenvalue weighted by molar-refractivity contribution is 0.617. The number of aromatic nitrogens is 1. The zero-order chi connectivity index (χ0) is 12.8. The zero-order valence-electron chi connectivity index (χ0n) is 11.6. The summed E-state index contributed by atoms with van der Waals surface area (Å²) in [5, 5.41) is 6.74. The highest BCUT2D eigenvalue weighted by Gasteiger charge is 2.19. The Morgan fingerprint density at radius 2 is 2.17 bits per heavy atom. The molecule has 2 N–H and O–H groups in total. The van der Waals surface area contributed by atoms with Crippen LogP contribution < -0.4 is 10.6 Å². The van der Waals surface area contributed by atoms with Crippen LogP contribution in [0, 0.1) is 0 Å². The van der Waals surface area contributed by atoms with Crippen molar-refractivity contribution in [2.24, 2.45) is 0 Å². The fourth-order valence-corrected chi connectivity index (χ4v) is 2.19. The highest BCUT2D eigenvalue weighted by Crippen LogP contribution is 2.18. The van der Waals surface area contributed by atoms with Gasteiger partial charge in [0.25, 0.3) is 0 Å². The number of pyridine rings is 1. The number of hydrogen-bond acceptors (Lipinski definition) is 3. The van der Waals surface area contributed by atoms with Gasteiger partial charge in [0.05, 0.1) is 0 Å². The number of nitrogens with one attached hydrogen (secondary N) is 2. The van der Waals surface area contributed by atoms with E-state index in [0.717, 1.165) is 31.2 Å². The Labute approximate surface area is 112 Å². The molecule has 0 saturated heterocycles. The van der Waals surface area contributed by atoms with Crippen molar-refractivity contribution in [3.8, 4) is 0 Å². The molecule has 1 saturated carbocycles. The normalized spacial score (nSPS) is 14.8. The molecular weight excluding hydrogens is 222 g/mol. The van der Waals surface area contributed by atoms with Crippen molar-refractivity contribution < 1.29 is 1.43 Å². The average molecular weight is 249 g/mol. The Morgan fingerprint density at radius 3 is 2.83 bits per heavy atom. The summed E-state index contributed by atoms with van der Waals surface area (Å²) in [7, 11) is 1.95. The first-order valence-electron chi connectivity index (χ1n) is 7.23. The van der Waals surface area contributed by atoms with Gasteiger partial charge in [0.1, 0.15) is 5.82 Å². The van der Waals surface area contributed by atoms with Gasteiger partial charge in [0.2, 0.25) is 0 Å². The molecule has 0 amide bonds. The van der Waals surface area contributed by atoms with E-state index in [1.165, 1.54) is 36.9 Å². The van der Waals surface area contributed by atoms with Gasteiger partial charge in [0.15, 0.2) is 0 Å². The molecule has 18 heavy (non-hydrogen) atoms. The van der Waals surface area contributed by atoms with E-state index in [4.69, 9.17) is 0 Å². The summed E-state index contributed by atoms with van der Waals surface area (Å²) in [4.78, 5) is 4.68. The van der Waals surface area contributed by atoms with Crippen molar-refractivity contribution in [2.45, 2.75) is 51.5 Å². The predicted molar refractivity (Wildman–Crippen MR) is 79.2 cm³/mol. The first kappa shape index (κ1) is 13.3. The lowest BCUT2D eigenvalue weighted by Crippen LogP contribution is -2.17. The fourth-order valence-electron chi connectivity index (χ4n) is 2.19. The second-order valence-electron chi connectivity index (χ2n) is 5.10. The molecule has 1 fully saturated rings. The summed E-state index contributed by atoms with van der Waals surface area (Å²) >= 11 is 0. The van der Waals surface area contributed by atoms with Crippen LogP contribution in [0.4, 0.5) is 5.82 Å². The van der Waals surface area contributed by atoms with Crippen LogP contribution >= 0.6 is 0 Å². The van der Waals surface area contributed by atoms with Crippen molar-refractivity contribution in [3.63, 3.8) is 0 Å². The third-order valence-electron chi connectivity index (χ3n) is 3.52. The van der Waals surface area contributed by atoms with Gasteiger partial charge in [0, 0.05) is 20.2 Å². The van der Waals surface area contributed by atoms with E-state index in [1.54, 1.807) is 0 Å². The Balaban J connectivity index is 0.00000180. The van der Waals surface area contributed by atoms with E-state index >= 15 is 0 Å². The van der Waals surface area contributed by atoms with Crippen molar-refractivity contribution in [2.75, 3.05) is 18.9 Å². The summed E-state index contributed by atoms with van der Waals surface area (Å²) in [6, 6.07) is 5.22. The molecule has 3 nitrogen and oxygen atoms in total. The third kappa shape index (κ3) is 3.98. The van der Waals surface area contributed by atoms with Crippen molar-refractivity contribution in [3.05, 3.63) is 23.4 Å². The Hall–Kier alpha value is -1.09. The number of unbranched alkanes of at least 4 members (excludes halogenated alkanes) is 1. The lowest BCUT2D eigenvalue weighted by atomic mass is 10.1. The maximum absolute atomic E-state index is 4.68. The van der Waals surface area contributed by atoms with E-state index < -0.39 is 0 Å². The molecule has 1 aliphatic carbocycles. The number of rotatable bonds is 8. The molecule has 0 aliphatic heterocycles. The van der Waals surface area contributed by atoms with Crippen molar-refractivity contribution in [1.82, 2.24) is 10.3 Å². The number of aryl methyl sites for hydroxylation is 2. The molecule has 0 unspecified atom stereocenters. The van der Waals surface area contributed by atoms with Gasteiger partial charge >= 0.3 is 0 Å². The minimum atomic E-state index is 0. The molecule has 3 heteroatoms. The Bertz CT molecular complexity index is 378. The van der Waals surface area contributed by atoms with Gasteiger partial charge < -0.3 is 10.6 Å². The van der Waals surface area contributed by atoms with E-state index in [2.05, 4.69) is 34.7 Å². The minimum absolute atomic E-state index is 0. The van der Waals surface area contributed by atoms with Gasteiger partial charge in [-0.1, -0.05) is 13.0 Å². The second kappa shape index (κ2) is 6.74. The van der Waals surface area contributed by atoms with Crippen LogP contribution in [-0.2, 0) is 12.8 Å². The van der Waals surface area contributed by atoms with Gasteiger partial charge in [-0.25, -0.2) is 4.98 Å². The van der Waals surface area contributed by atoms with E-state index in [0.29, 0.717) is 0 Å². The molecule has 1 aliphatic rings. The fraction of sp³-hybridized carbons (Fsp3) is 0.667. The molecule has 0 bridgehead atoms. The molecule has 1 heterocycles. The van der Waals surface area contributed by atoms with Crippen LogP contribution in [0.2, 0.25) is 0 Å². The molecule has 1 aromatic heterocycles. The molecule has 0 spiro atoms. The van der Waals surface area contributed by atoms with Gasteiger partial charge in [-0.05, 0) is 56.7 Å². The second-order valence-corrected chi connectivity index (χ2v) is 5.10. The molecule has 0 aromatic carbocycles. The third-order valence-corrected chi connectivity index (χ3v) is 3.52. The first-order chi connectivity index (χ1) is 8.83. The maximum Gasteiger partial charge on any atom is 0.129 e. The monoisotopic (exact) mass is 249 g/mol. The van der Waals surface area contributed by atoms with E-state index in [-0.39, 0.29) is 1.43 Å². The molecule has 0 radical (unpaired) electrons. The van der Waals surface area contributed by atoms with Gasteiger partial charge in [-0.15, -0.1) is 0 Å². The topological polar surface area (TPSA) is 37.0 Å². The Morgan fingerprint density at radius 1 is 1.33 bits per heavy atom. The predicted octanol–water partition coefficient (Wildman–Crippen LogP) is 3.01. The van der Waals surface area contributed by atoms with Crippen molar-refractivity contribution >= 4 is 5.82 Å². The smallest absolute Gasteiger partial charge is 0.129 e. The first-order valence-corrected chi connectivity index (χ1v) is 7.23. The summed E-state index contributed by atoms with van der Waals surface area (Å²) in [6.45, 7) is 3.33. The van der Waals surface area contributed by atoms with Crippen LogP contribution in [-0.4, -0.2) is 24.6 Å². The van der Waals surface area contributed by atoms with Gasteiger partial charge in [-0.3, -0.25) is 0 Å². The van der Waals surface area contributed by atoms with Gasteiger partial charge in [-0.2, -0.15) is 0 Å². The van der Waals surface area contributed by atoms with Crippen LogP contribution in [0.15, 0.2) is 12.1 Å². The van der Waals surface area contributed by atoms with Crippen LogP contribution in [0.25, 0.3) is 0 Å². The highest BCUT2D eigenvalue weighted by molar-refractivity contribution is 5.44. The van der Waals surface area contributed by atoms with E-state index in [1.807, 2.05) is 7.05 Å². The summed E-state index contributed by atoms with van der Waals surface area (Å²) < 4.78 is 0. The molecule has 102 valence electrons. The van der Waals surface area contributed by atoms with Crippen molar-refractivity contribution in [1.29, 1.82) is 0 Å². The van der Waals surface area contributed by atoms with Crippen LogP contribution in [0.3, 0.4) is 0 Å². The molecule has 1 aromatic rings. The molecule has 0 atom stereocenters. The van der Waals surface area contributed by atoms with E-state index in [9.17, 15) is 0 Å². The Kier molecular flexibility index (Phi) is 5.00.